The molecule has 0 fully saturated rings. The van der Waals surface area contributed by atoms with Crippen molar-refractivity contribution in [3.05, 3.63) is 36.5 Å². The van der Waals surface area contributed by atoms with E-state index in [1.165, 1.54) is 0 Å². The highest BCUT2D eigenvalue weighted by Gasteiger charge is 2.15. The van der Waals surface area contributed by atoms with Crippen LogP contribution in [0.2, 0.25) is 0 Å². The van der Waals surface area contributed by atoms with Crippen molar-refractivity contribution in [2.75, 3.05) is 26.1 Å². The molecule has 0 aliphatic carbocycles. The van der Waals surface area contributed by atoms with Gasteiger partial charge in [0.1, 0.15) is 18.1 Å². The number of nitrogens with one attached hydrogen (secondary N) is 1. The average molecular weight is 384 g/mol. The third-order valence-electron chi connectivity index (χ3n) is 3.90. The molecule has 0 saturated carbocycles. The minimum atomic E-state index is -0.392. The standard InChI is InChI=1S/C20H24N4O4/c1-20(2,3)28-12-18(25)22-19-21-17-7-6-13(11-24(17)23-19)14-8-15(26-4)10-16(9-14)27-5/h6-11H,12H2,1-5H3,(H,22,23,25). The third kappa shape index (κ3) is 4.77. The number of carbonyl (C=O) groups is 1. The summed E-state index contributed by atoms with van der Waals surface area (Å²) in [5.41, 5.74) is 2.04. The van der Waals surface area contributed by atoms with Crippen molar-refractivity contribution >= 4 is 17.5 Å². The van der Waals surface area contributed by atoms with Crippen LogP contribution in [0.4, 0.5) is 5.95 Å². The number of fused-ring (bicyclic) bond motifs is 1. The molecule has 2 aromatic heterocycles. The SMILES string of the molecule is COc1cc(OC)cc(-c2ccc3nc(NC(=O)COC(C)(C)C)nn3c2)c1. The number of amides is 1. The Morgan fingerprint density at radius 2 is 1.75 bits per heavy atom. The van der Waals surface area contributed by atoms with E-state index < -0.39 is 5.60 Å². The largest absolute Gasteiger partial charge is 0.497 e. The summed E-state index contributed by atoms with van der Waals surface area (Å²) in [7, 11) is 3.22. The fraction of sp³-hybridized carbons (Fsp3) is 0.350. The number of hydrogen-bond donors (Lipinski definition) is 1. The van der Waals surface area contributed by atoms with Crippen LogP contribution in [0.25, 0.3) is 16.8 Å². The Morgan fingerprint density at radius 1 is 1.07 bits per heavy atom. The number of aromatic nitrogens is 3. The van der Waals surface area contributed by atoms with Gasteiger partial charge in [0.05, 0.1) is 19.8 Å². The Hall–Kier alpha value is -3.13. The fourth-order valence-corrected chi connectivity index (χ4v) is 2.52. The van der Waals surface area contributed by atoms with Gasteiger partial charge in [0.2, 0.25) is 5.95 Å². The molecule has 0 aliphatic rings. The van der Waals surface area contributed by atoms with E-state index in [1.54, 1.807) is 18.7 Å². The monoisotopic (exact) mass is 384 g/mol. The van der Waals surface area contributed by atoms with Crippen LogP contribution in [0.1, 0.15) is 20.8 Å². The molecule has 0 unspecified atom stereocenters. The van der Waals surface area contributed by atoms with E-state index in [-0.39, 0.29) is 18.5 Å². The Morgan fingerprint density at radius 3 is 2.36 bits per heavy atom. The van der Waals surface area contributed by atoms with Crippen LogP contribution in [0.5, 0.6) is 11.5 Å². The molecule has 0 saturated heterocycles. The molecule has 1 amide bonds. The van der Waals surface area contributed by atoms with Gasteiger partial charge in [-0.15, -0.1) is 5.10 Å². The maximum Gasteiger partial charge on any atom is 0.252 e. The van der Waals surface area contributed by atoms with Gasteiger partial charge in [-0.3, -0.25) is 10.1 Å². The van der Waals surface area contributed by atoms with Gasteiger partial charge in [-0.05, 0) is 50.6 Å². The number of rotatable bonds is 6. The molecule has 8 nitrogen and oxygen atoms in total. The zero-order valence-electron chi connectivity index (χ0n) is 16.6. The highest BCUT2D eigenvalue weighted by Crippen LogP contribution is 2.29. The number of nitrogens with zero attached hydrogens (tertiary/aromatic N) is 3. The Bertz CT molecular complexity index is 969. The van der Waals surface area contributed by atoms with Crippen LogP contribution in [-0.2, 0) is 9.53 Å². The maximum atomic E-state index is 12.0. The molecule has 0 bridgehead atoms. The van der Waals surface area contributed by atoms with E-state index in [0.717, 1.165) is 11.1 Å². The van der Waals surface area contributed by atoms with Crippen LogP contribution < -0.4 is 14.8 Å². The molecule has 28 heavy (non-hydrogen) atoms. The first kappa shape index (κ1) is 19.6. The lowest BCUT2D eigenvalue weighted by Crippen LogP contribution is -2.27. The molecule has 2 heterocycles. The number of benzene rings is 1. The molecule has 0 atom stereocenters. The highest BCUT2D eigenvalue weighted by atomic mass is 16.5. The van der Waals surface area contributed by atoms with Gasteiger partial charge in [-0.1, -0.05) is 0 Å². The second kappa shape index (κ2) is 7.85. The summed E-state index contributed by atoms with van der Waals surface area (Å²) in [5.74, 6) is 1.31. The first-order chi connectivity index (χ1) is 13.3. The Kier molecular flexibility index (Phi) is 5.51. The predicted molar refractivity (Wildman–Crippen MR) is 106 cm³/mol. The van der Waals surface area contributed by atoms with Crippen LogP contribution in [0.15, 0.2) is 36.5 Å². The van der Waals surface area contributed by atoms with Crippen molar-refractivity contribution in [2.45, 2.75) is 26.4 Å². The normalized spacial score (nSPS) is 11.5. The van der Waals surface area contributed by atoms with E-state index >= 15 is 0 Å². The zero-order chi connectivity index (χ0) is 20.3. The van der Waals surface area contributed by atoms with Crippen LogP contribution >= 0.6 is 0 Å². The number of anilines is 1. The summed E-state index contributed by atoms with van der Waals surface area (Å²) in [6.07, 6.45) is 1.83. The first-order valence-electron chi connectivity index (χ1n) is 8.81. The maximum absolute atomic E-state index is 12.0. The molecule has 1 aromatic carbocycles. The van der Waals surface area contributed by atoms with Crippen LogP contribution in [0.3, 0.4) is 0 Å². The quantitative estimate of drug-likeness (QED) is 0.702. The van der Waals surface area contributed by atoms with E-state index in [9.17, 15) is 4.79 Å². The Balaban J connectivity index is 1.82. The highest BCUT2D eigenvalue weighted by molar-refractivity contribution is 5.90. The van der Waals surface area contributed by atoms with E-state index in [1.807, 2.05) is 57.3 Å². The van der Waals surface area contributed by atoms with Gasteiger partial charge in [0.15, 0.2) is 5.65 Å². The molecule has 0 radical (unpaired) electrons. The topological polar surface area (TPSA) is 87.0 Å². The number of methoxy groups -OCH3 is 2. The summed E-state index contributed by atoms with van der Waals surface area (Å²) >= 11 is 0. The molecule has 0 aliphatic heterocycles. The van der Waals surface area contributed by atoms with Gasteiger partial charge in [0, 0.05) is 17.8 Å². The number of pyridine rings is 1. The van der Waals surface area contributed by atoms with Gasteiger partial charge < -0.3 is 14.2 Å². The zero-order valence-corrected chi connectivity index (χ0v) is 16.6. The average Bonchev–Trinajstić information content (AvgIpc) is 3.06. The number of hydrogen-bond acceptors (Lipinski definition) is 6. The van der Waals surface area contributed by atoms with Gasteiger partial charge in [-0.25, -0.2) is 4.52 Å². The lowest BCUT2D eigenvalue weighted by atomic mass is 10.1. The van der Waals surface area contributed by atoms with Gasteiger partial charge >= 0.3 is 0 Å². The van der Waals surface area contributed by atoms with Crippen molar-refractivity contribution in [2.24, 2.45) is 0 Å². The number of ether oxygens (including phenoxy) is 3. The molecule has 0 spiro atoms. The first-order valence-corrected chi connectivity index (χ1v) is 8.81. The predicted octanol–water partition coefficient (Wildman–Crippen LogP) is 3.17. The smallest absolute Gasteiger partial charge is 0.252 e. The lowest BCUT2D eigenvalue weighted by molar-refractivity contribution is -0.125. The van der Waals surface area contributed by atoms with Crippen molar-refractivity contribution in [1.82, 2.24) is 14.6 Å². The summed E-state index contributed by atoms with van der Waals surface area (Å²) in [4.78, 5) is 16.3. The van der Waals surface area contributed by atoms with Crippen molar-refractivity contribution in [1.29, 1.82) is 0 Å². The van der Waals surface area contributed by atoms with Crippen LogP contribution in [-0.4, -0.2) is 46.9 Å². The molecular weight excluding hydrogens is 360 g/mol. The molecule has 3 rings (SSSR count). The second-order valence-corrected chi connectivity index (χ2v) is 7.21. The molecular formula is C20H24N4O4. The summed E-state index contributed by atoms with van der Waals surface area (Å²) in [6, 6.07) is 9.38. The molecule has 8 heteroatoms. The molecule has 1 N–H and O–H groups in total. The summed E-state index contributed by atoms with van der Waals surface area (Å²) in [5, 5.41) is 6.98. The summed E-state index contributed by atoms with van der Waals surface area (Å²) < 4.78 is 17.7. The van der Waals surface area contributed by atoms with Crippen LogP contribution in [0, 0.1) is 0 Å². The minimum absolute atomic E-state index is 0.0616. The Labute approximate surface area is 163 Å². The second-order valence-electron chi connectivity index (χ2n) is 7.21. The van der Waals surface area contributed by atoms with Crippen molar-refractivity contribution in [3.8, 4) is 22.6 Å². The molecule has 3 aromatic rings. The van der Waals surface area contributed by atoms with Crippen molar-refractivity contribution in [3.63, 3.8) is 0 Å². The van der Waals surface area contributed by atoms with Gasteiger partial charge in [-0.2, -0.15) is 4.98 Å². The van der Waals surface area contributed by atoms with E-state index in [2.05, 4.69) is 15.4 Å². The number of carbonyl (C=O) groups excluding carboxylic acids is 1. The minimum Gasteiger partial charge on any atom is -0.497 e. The van der Waals surface area contributed by atoms with E-state index in [0.29, 0.717) is 17.1 Å². The third-order valence-corrected chi connectivity index (χ3v) is 3.90. The summed E-state index contributed by atoms with van der Waals surface area (Å²) in [6.45, 7) is 5.60. The lowest BCUT2D eigenvalue weighted by Gasteiger charge is -2.18. The fourth-order valence-electron chi connectivity index (χ4n) is 2.52. The van der Waals surface area contributed by atoms with E-state index in [4.69, 9.17) is 14.2 Å². The van der Waals surface area contributed by atoms with Gasteiger partial charge in [0.25, 0.3) is 5.91 Å². The molecule has 148 valence electrons. The van der Waals surface area contributed by atoms with Crippen molar-refractivity contribution < 1.29 is 19.0 Å².